The zero-order valence-electron chi connectivity index (χ0n) is 16.8. The number of hydrogen-bond acceptors (Lipinski definition) is 3. The quantitative estimate of drug-likeness (QED) is 0.622. The smallest absolute Gasteiger partial charge is 0.230 e. The summed E-state index contributed by atoms with van der Waals surface area (Å²) >= 11 is 1.65. The van der Waals surface area contributed by atoms with E-state index in [1.165, 1.54) is 19.3 Å². The highest BCUT2D eigenvalue weighted by Crippen LogP contribution is 2.25. The molecule has 5 nitrogen and oxygen atoms in total. The van der Waals surface area contributed by atoms with Crippen LogP contribution in [-0.4, -0.2) is 32.0 Å². The Morgan fingerprint density at radius 1 is 1.14 bits per heavy atom. The molecule has 2 unspecified atom stereocenters. The van der Waals surface area contributed by atoms with Gasteiger partial charge in [-0.15, -0.1) is 11.8 Å². The Kier molecular flexibility index (Phi) is 6.39. The monoisotopic (exact) mass is 408 g/mol. The predicted octanol–water partition coefficient (Wildman–Crippen LogP) is 4.59. The number of thioether (sulfide) groups is 1. The fourth-order valence-electron chi connectivity index (χ4n) is 4.02. The molecule has 29 heavy (non-hydrogen) atoms. The van der Waals surface area contributed by atoms with Gasteiger partial charge in [0.25, 0.3) is 0 Å². The summed E-state index contributed by atoms with van der Waals surface area (Å²) in [7, 11) is 0. The van der Waals surface area contributed by atoms with E-state index in [0.29, 0.717) is 17.7 Å². The van der Waals surface area contributed by atoms with Gasteiger partial charge in [0.1, 0.15) is 5.82 Å². The van der Waals surface area contributed by atoms with Crippen molar-refractivity contribution in [3.05, 3.63) is 66.6 Å². The Morgan fingerprint density at radius 2 is 1.90 bits per heavy atom. The lowest BCUT2D eigenvalue weighted by atomic mass is 9.86. The molecule has 0 bridgehead atoms. The minimum absolute atomic E-state index is 0.145. The van der Waals surface area contributed by atoms with E-state index >= 15 is 0 Å². The maximum absolute atomic E-state index is 12.4. The normalized spacial score (nSPS) is 19.2. The standard InChI is InChI=1S/C23H28N4OS/c1-18-9-5-6-12-21(18)25-22(28)17-29-16-19-15-24-27(20-10-3-2-4-11-20)23(19)26-13-7-8-14-26/h2-4,7-8,10-11,13-15,18,21H,5-6,9,12,16-17H2,1H3,(H,25,28). The van der Waals surface area contributed by atoms with Crippen LogP contribution in [-0.2, 0) is 10.5 Å². The van der Waals surface area contributed by atoms with Crippen molar-refractivity contribution >= 4 is 17.7 Å². The zero-order valence-corrected chi connectivity index (χ0v) is 17.6. The Morgan fingerprint density at radius 3 is 2.66 bits per heavy atom. The Hall–Kier alpha value is -2.47. The van der Waals surface area contributed by atoms with Gasteiger partial charge >= 0.3 is 0 Å². The van der Waals surface area contributed by atoms with E-state index in [1.54, 1.807) is 11.8 Å². The van der Waals surface area contributed by atoms with Crippen LogP contribution in [0.5, 0.6) is 0 Å². The fourth-order valence-corrected chi connectivity index (χ4v) is 4.81. The maximum Gasteiger partial charge on any atom is 0.230 e. The average Bonchev–Trinajstić information content (AvgIpc) is 3.40. The largest absolute Gasteiger partial charge is 0.352 e. The molecule has 2 atom stereocenters. The molecule has 4 rings (SSSR count). The van der Waals surface area contributed by atoms with Crippen LogP contribution < -0.4 is 5.32 Å². The van der Waals surface area contributed by atoms with E-state index < -0.39 is 0 Å². The van der Waals surface area contributed by atoms with E-state index in [4.69, 9.17) is 0 Å². The van der Waals surface area contributed by atoms with Gasteiger partial charge in [0.15, 0.2) is 0 Å². The first-order chi connectivity index (χ1) is 14.2. The third-order valence-electron chi connectivity index (χ3n) is 5.62. The lowest BCUT2D eigenvalue weighted by Gasteiger charge is -2.29. The SMILES string of the molecule is CC1CCCCC1NC(=O)CSCc1cnn(-c2ccccc2)c1-n1cccc1. The van der Waals surface area contributed by atoms with Crippen molar-refractivity contribution in [1.82, 2.24) is 19.7 Å². The molecule has 2 heterocycles. The molecule has 1 aliphatic carbocycles. The summed E-state index contributed by atoms with van der Waals surface area (Å²) in [6.45, 7) is 2.25. The second-order valence-electron chi connectivity index (χ2n) is 7.76. The van der Waals surface area contributed by atoms with E-state index in [9.17, 15) is 4.79 Å². The Bertz CT molecular complexity index is 920. The molecule has 0 saturated heterocycles. The Labute approximate surface area is 176 Å². The molecule has 2 aromatic heterocycles. The highest BCUT2D eigenvalue weighted by molar-refractivity contribution is 7.99. The number of aromatic nitrogens is 3. The van der Waals surface area contributed by atoms with Crippen LogP contribution in [0.25, 0.3) is 11.5 Å². The summed E-state index contributed by atoms with van der Waals surface area (Å²) in [6.07, 6.45) is 10.8. The van der Waals surface area contributed by atoms with Gasteiger partial charge < -0.3 is 9.88 Å². The summed E-state index contributed by atoms with van der Waals surface area (Å²) in [5.41, 5.74) is 2.14. The second-order valence-corrected chi connectivity index (χ2v) is 8.75. The molecule has 1 fully saturated rings. The number of carbonyl (C=O) groups excluding carboxylic acids is 1. The summed E-state index contributed by atoms with van der Waals surface area (Å²) in [5, 5.41) is 7.87. The molecule has 0 radical (unpaired) electrons. The van der Waals surface area contributed by atoms with Gasteiger partial charge in [0.05, 0.1) is 17.6 Å². The molecular weight excluding hydrogens is 380 g/mol. The van der Waals surface area contributed by atoms with Gasteiger partial charge in [0, 0.05) is 29.8 Å². The molecule has 6 heteroatoms. The van der Waals surface area contributed by atoms with Crippen molar-refractivity contribution in [1.29, 1.82) is 0 Å². The summed E-state index contributed by atoms with van der Waals surface area (Å²) in [6, 6.07) is 14.5. The molecular formula is C23H28N4OS. The van der Waals surface area contributed by atoms with Crippen molar-refractivity contribution in [3.8, 4) is 11.5 Å². The third-order valence-corrected chi connectivity index (χ3v) is 6.60. The lowest BCUT2D eigenvalue weighted by molar-refractivity contribution is -0.119. The number of benzene rings is 1. The van der Waals surface area contributed by atoms with Crippen LogP contribution in [0.2, 0.25) is 0 Å². The topological polar surface area (TPSA) is 51.9 Å². The number of para-hydroxylation sites is 1. The van der Waals surface area contributed by atoms with Gasteiger partial charge in [-0.2, -0.15) is 5.10 Å². The highest BCUT2D eigenvalue weighted by atomic mass is 32.2. The first kappa shape index (κ1) is 19.8. The first-order valence-electron chi connectivity index (χ1n) is 10.3. The van der Waals surface area contributed by atoms with Crippen LogP contribution >= 0.6 is 11.8 Å². The molecule has 0 spiro atoms. The number of carbonyl (C=O) groups is 1. The van der Waals surface area contributed by atoms with Crippen molar-refractivity contribution in [2.75, 3.05) is 5.75 Å². The summed E-state index contributed by atoms with van der Waals surface area (Å²) in [4.78, 5) is 12.4. The van der Waals surface area contributed by atoms with Crippen LogP contribution in [0.4, 0.5) is 0 Å². The molecule has 0 aliphatic heterocycles. The molecule has 1 N–H and O–H groups in total. The number of rotatable bonds is 7. The molecule has 1 amide bonds. The molecule has 1 saturated carbocycles. The predicted molar refractivity (Wildman–Crippen MR) is 119 cm³/mol. The highest BCUT2D eigenvalue weighted by Gasteiger charge is 2.22. The molecule has 1 aliphatic rings. The van der Waals surface area contributed by atoms with E-state index in [2.05, 4.69) is 34.0 Å². The van der Waals surface area contributed by atoms with Gasteiger partial charge in [-0.1, -0.05) is 38.0 Å². The Balaban J connectivity index is 1.42. The fraction of sp³-hybridized carbons (Fsp3) is 0.391. The first-order valence-corrected chi connectivity index (χ1v) is 11.5. The maximum atomic E-state index is 12.4. The average molecular weight is 409 g/mol. The van der Waals surface area contributed by atoms with Crippen LogP contribution in [0.3, 0.4) is 0 Å². The summed E-state index contributed by atoms with van der Waals surface area (Å²) in [5.74, 6) is 2.97. The van der Waals surface area contributed by atoms with Gasteiger partial charge in [-0.05, 0) is 43.0 Å². The zero-order chi connectivity index (χ0) is 20.1. The molecule has 152 valence electrons. The van der Waals surface area contributed by atoms with Crippen LogP contribution in [0.1, 0.15) is 38.2 Å². The number of hydrogen-bond donors (Lipinski definition) is 1. The second kappa shape index (κ2) is 9.35. The van der Waals surface area contributed by atoms with E-state index in [1.807, 2.05) is 53.6 Å². The van der Waals surface area contributed by atoms with Crippen molar-refractivity contribution < 1.29 is 4.79 Å². The number of amides is 1. The van der Waals surface area contributed by atoms with Crippen LogP contribution in [0.15, 0.2) is 61.1 Å². The van der Waals surface area contributed by atoms with Crippen molar-refractivity contribution in [2.24, 2.45) is 5.92 Å². The van der Waals surface area contributed by atoms with E-state index in [0.717, 1.165) is 29.2 Å². The number of nitrogens with one attached hydrogen (secondary N) is 1. The summed E-state index contributed by atoms with van der Waals surface area (Å²) < 4.78 is 4.04. The third kappa shape index (κ3) is 4.75. The molecule has 3 aromatic rings. The van der Waals surface area contributed by atoms with Crippen molar-refractivity contribution in [3.63, 3.8) is 0 Å². The van der Waals surface area contributed by atoms with Crippen LogP contribution in [0, 0.1) is 5.92 Å². The molecule has 1 aromatic carbocycles. The van der Waals surface area contributed by atoms with Gasteiger partial charge in [-0.25, -0.2) is 4.68 Å². The van der Waals surface area contributed by atoms with E-state index in [-0.39, 0.29) is 5.91 Å². The lowest BCUT2D eigenvalue weighted by Crippen LogP contribution is -2.41. The minimum Gasteiger partial charge on any atom is -0.352 e. The van der Waals surface area contributed by atoms with Gasteiger partial charge in [0.2, 0.25) is 5.91 Å². The number of nitrogens with zero attached hydrogens (tertiary/aromatic N) is 3. The van der Waals surface area contributed by atoms with Gasteiger partial charge in [-0.3, -0.25) is 4.79 Å². The minimum atomic E-state index is 0.145. The van der Waals surface area contributed by atoms with Crippen molar-refractivity contribution in [2.45, 2.75) is 44.4 Å².